The van der Waals surface area contributed by atoms with Crippen LogP contribution in [-0.2, 0) is 19.6 Å². The minimum absolute atomic E-state index is 0.00318. The van der Waals surface area contributed by atoms with Gasteiger partial charge < -0.3 is 14.3 Å². The highest BCUT2D eigenvalue weighted by Crippen LogP contribution is 2.29. The lowest BCUT2D eigenvalue weighted by atomic mass is 10.0. The van der Waals surface area contributed by atoms with Crippen molar-refractivity contribution in [2.45, 2.75) is 26.5 Å². The van der Waals surface area contributed by atoms with Crippen molar-refractivity contribution in [1.29, 1.82) is 0 Å². The molecule has 0 aliphatic rings. The molecule has 7 heteroatoms. The fraction of sp³-hybridized carbons (Fsp3) is 0.154. The van der Waals surface area contributed by atoms with Gasteiger partial charge in [-0.25, -0.2) is 4.98 Å². The van der Waals surface area contributed by atoms with Crippen molar-refractivity contribution in [3.63, 3.8) is 0 Å². The molecule has 0 bridgehead atoms. The third-order valence-corrected chi connectivity index (χ3v) is 6.30. The molecule has 2 heterocycles. The number of carbonyl (C=O) groups excluding carboxylic acids is 1. The number of ketones is 1. The number of nitrogens with zero attached hydrogens (tertiary/aromatic N) is 2. The predicted octanol–water partition coefficient (Wildman–Crippen LogP) is 6.85. The molecule has 0 radical (unpaired) electrons. The Morgan fingerprint density at radius 1 is 1.09 bits per heavy atom. The average Bonchev–Trinajstić information content (AvgIpc) is 3.40. The molecule has 0 unspecified atom stereocenters. The van der Waals surface area contributed by atoms with Gasteiger partial charge in [-0.2, -0.15) is 0 Å². The third kappa shape index (κ3) is 4.10. The van der Waals surface area contributed by atoms with Crippen molar-refractivity contribution in [2.75, 3.05) is 0 Å². The van der Waals surface area contributed by atoms with E-state index in [1.54, 1.807) is 24.4 Å². The van der Waals surface area contributed by atoms with E-state index in [2.05, 4.69) is 18.0 Å². The summed E-state index contributed by atoms with van der Waals surface area (Å²) in [5, 5.41) is 1.90. The number of carbonyl (C=O) groups is 1. The molecule has 3 aromatic carbocycles. The first-order valence-electron chi connectivity index (χ1n) is 10.7. The molecule has 0 fully saturated rings. The van der Waals surface area contributed by atoms with E-state index in [9.17, 15) is 4.79 Å². The molecule has 2 aromatic heterocycles. The number of aromatic nitrogens is 3. The zero-order chi connectivity index (χ0) is 22.9. The van der Waals surface area contributed by atoms with Gasteiger partial charge in [0.2, 0.25) is 0 Å². The molecule has 5 aromatic rings. The van der Waals surface area contributed by atoms with Crippen molar-refractivity contribution >= 4 is 50.9 Å². The molecule has 0 aliphatic heterocycles. The summed E-state index contributed by atoms with van der Waals surface area (Å²) in [6.07, 6.45) is 2.70. The minimum Gasteiger partial charge on any atom is -0.484 e. The fourth-order valence-corrected chi connectivity index (χ4v) is 4.58. The van der Waals surface area contributed by atoms with Gasteiger partial charge in [0.05, 0.1) is 22.6 Å². The Hall–Kier alpha value is -3.28. The Bertz CT molecular complexity index is 1490. The Morgan fingerprint density at radius 3 is 2.76 bits per heavy atom. The number of H-pyrrole nitrogens is 1. The lowest BCUT2D eigenvalue weighted by Crippen LogP contribution is -2.14. The Morgan fingerprint density at radius 2 is 1.94 bits per heavy atom. The highest BCUT2D eigenvalue weighted by molar-refractivity contribution is 6.35. The van der Waals surface area contributed by atoms with Crippen LogP contribution in [0, 0.1) is 0 Å². The molecule has 5 nitrogen and oxygen atoms in total. The molecular formula is C26H21Cl2N3O2. The molecule has 0 atom stereocenters. The lowest BCUT2D eigenvalue weighted by molar-refractivity contribution is 0.0972. The van der Waals surface area contributed by atoms with Crippen molar-refractivity contribution in [3.05, 3.63) is 93.9 Å². The van der Waals surface area contributed by atoms with Crippen LogP contribution in [0.25, 0.3) is 21.9 Å². The number of para-hydroxylation sites is 3. The van der Waals surface area contributed by atoms with Crippen molar-refractivity contribution in [2.24, 2.45) is 0 Å². The van der Waals surface area contributed by atoms with Gasteiger partial charge in [0.15, 0.2) is 5.78 Å². The Balaban J connectivity index is 1.48. The molecule has 33 heavy (non-hydrogen) atoms. The number of aromatic amines is 1. The standard InChI is InChI=1S/C26H21Cl2N3O2/c1-2-16-6-5-7-18-19(13-29-26(16)18)23(32)14-31-22-9-4-3-8-21(22)30-25(31)15-33-24-11-10-17(27)12-20(24)28/h3-13,29H,2,14-15H2,1H3. The maximum atomic E-state index is 13.4. The zero-order valence-electron chi connectivity index (χ0n) is 17.9. The largest absolute Gasteiger partial charge is 0.484 e. The Labute approximate surface area is 200 Å². The molecule has 0 saturated heterocycles. The van der Waals surface area contributed by atoms with E-state index in [0.29, 0.717) is 27.2 Å². The van der Waals surface area contributed by atoms with Gasteiger partial charge in [-0.1, -0.05) is 60.5 Å². The SMILES string of the molecule is CCc1cccc2c(C(=O)Cn3c(COc4ccc(Cl)cc4Cl)nc4ccccc43)c[nH]c12. The lowest BCUT2D eigenvalue weighted by Gasteiger charge is -2.11. The van der Waals surface area contributed by atoms with Crippen molar-refractivity contribution < 1.29 is 9.53 Å². The summed E-state index contributed by atoms with van der Waals surface area (Å²) in [6, 6.07) is 18.9. The molecule has 5 rings (SSSR count). The second-order valence-electron chi connectivity index (χ2n) is 7.79. The van der Waals surface area contributed by atoms with E-state index in [4.69, 9.17) is 32.9 Å². The van der Waals surface area contributed by atoms with Crippen LogP contribution in [0.5, 0.6) is 5.75 Å². The van der Waals surface area contributed by atoms with Crippen LogP contribution in [-0.4, -0.2) is 20.3 Å². The van der Waals surface area contributed by atoms with E-state index >= 15 is 0 Å². The van der Waals surface area contributed by atoms with E-state index < -0.39 is 0 Å². The normalized spacial score (nSPS) is 11.4. The first-order valence-corrected chi connectivity index (χ1v) is 11.4. The second-order valence-corrected chi connectivity index (χ2v) is 8.63. The van der Waals surface area contributed by atoms with E-state index in [-0.39, 0.29) is 18.9 Å². The highest BCUT2D eigenvalue weighted by atomic mass is 35.5. The number of Topliss-reactive ketones (excluding diaryl/α,β-unsaturated/α-hetero) is 1. The molecule has 0 spiro atoms. The van der Waals surface area contributed by atoms with Crippen LogP contribution in [0.3, 0.4) is 0 Å². The minimum atomic E-state index is 0.00318. The van der Waals surface area contributed by atoms with Crippen LogP contribution in [0.4, 0.5) is 0 Å². The van der Waals surface area contributed by atoms with Gasteiger partial charge in [-0.15, -0.1) is 0 Å². The van der Waals surface area contributed by atoms with Gasteiger partial charge in [0.25, 0.3) is 0 Å². The van der Waals surface area contributed by atoms with Crippen molar-refractivity contribution in [3.8, 4) is 5.75 Å². The summed E-state index contributed by atoms with van der Waals surface area (Å²) in [5.41, 5.74) is 4.55. The van der Waals surface area contributed by atoms with Gasteiger partial charge in [0.1, 0.15) is 18.2 Å². The van der Waals surface area contributed by atoms with Crippen LogP contribution >= 0.6 is 23.2 Å². The fourth-order valence-electron chi connectivity index (χ4n) is 4.12. The zero-order valence-corrected chi connectivity index (χ0v) is 19.5. The molecule has 166 valence electrons. The van der Waals surface area contributed by atoms with Crippen LogP contribution in [0.15, 0.2) is 66.9 Å². The van der Waals surface area contributed by atoms with Gasteiger partial charge in [0, 0.05) is 27.7 Å². The number of hydrogen-bond acceptors (Lipinski definition) is 3. The van der Waals surface area contributed by atoms with Crippen LogP contribution in [0.2, 0.25) is 10.0 Å². The summed E-state index contributed by atoms with van der Waals surface area (Å²) in [4.78, 5) is 21.4. The average molecular weight is 478 g/mol. The maximum Gasteiger partial charge on any atom is 0.184 e. The molecule has 0 amide bonds. The highest BCUT2D eigenvalue weighted by Gasteiger charge is 2.18. The van der Waals surface area contributed by atoms with Gasteiger partial charge in [-0.05, 0) is 42.3 Å². The summed E-state index contributed by atoms with van der Waals surface area (Å²) < 4.78 is 7.84. The molecule has 0 saturated carbocycles. The quantitative estimate of drug-likeness (QED) is 0.260. The smallest absolute Gasteiger partial charge is 0.184 e. The topological polar surface area (TPSA) is 59.9 Å². The summed E-state index contributed by atoms with van der Waals surface area (Å²) in [6.45, 7) is 2.42. The van der Waals surface area contributed by atoms with Crippen LogP contribution in [0.1, 0.15) is 28.7 Å². The first kappa shape index (κ1) is 21.6. The monoisotopic (exact) mass is 477 g/mol. The van der Waals surface area contributed by atoms with Gasteiger partial charge >= 0.3 is 0 Å². The van der Waals surface area contributed by atoms with E-state index in [1.807, 2.05) is 41.0 Å². The number of halogens is 2. The summed E-state index contributed by atoms with van der Waals surface area (Å²) in [7, 11) is 0. The van der Waals surface area contributed by atoms with Crippen LogP contribution < -0.4 is 4.74 Å². The van der Waals surface area contributed by atoms with Crippen molar-refractivity contribution in [1.82, 2.24) is 14.5 Å². The predicted molar refractivity (Wildman–Crippen MR) is 133 cm³/mol. The molecule has 1 N–H and O–H groups in total. The second kappa shape index (κ2) is 8.93. The Kier molecular flexibility index (Phi) is 5.83. The van der Waals surface area contributed by atoms with E-state index in [0.717, 1.165) is 28.4 Å². The number of aryl methyl sites for hydroxylation is 1. The number of rotatable bonds is 7. The maximum absolute atomic E-state index is 13.4. The number of benzene rings is 3. The number of hydrogen-bond donors (Lipinski definition) is 1. The third-order valence-electron chi connectivity index (χ3n) is 5.77. The molecule has 0 aliphatic carbocycles. The number of nitrogens with one attached hydrogen (secondary N) is 1. The van der Waals surface area contributed by atoms with Gasteiger partial charge in [-0.3, -0.25) is 4.79 Å². The number of fused-ring (bicyclic) bond motifs is 2. The summed E-state index contributed by atoms with van der Waals surface area (Å²) in [5.74, 6) is 1.16. The summed E-state index contributed by atoms with van der Waals surface area (Å²) >= 11 is 12.2. The first-order chi connectivity index (χ1) is 16.0. The molecular weight excluding hydrogens is 457 g/mol. The number of ether oxygens (including phenoxy) is 1. The van der Waals surface area contributed by atoms with E-state index in [1.165, 1.54) is 5.56 Å². The number of imidazole rings is 1.